The van der Waals surface area contributed by atoms with Crippen molar-refractivity contribution in [2.45, 2.75) is 40.2 Å². The van der Waals surface area contributed by atoms with E-state index in [0.29, 0.717) is 5.92 Å². The van der Waals surface area contributed by atoms with Gasteiger partial charge in [0.15, 0.2) is 5.69 Å². The number of carboxylic acid groups (broad SMARTS) is 1. The molecule has 0 aliphatic rings. The highest BCUT2D eigenvalue weighted by Crippen LogP contribution is 2.11. The van der Waals surface area contributed by atoms with Gasteiger partial charge in [-0.1, -0.05) is 20.8 Å². The monoisotopic (exact) mass is 210 g/mol. The molecule has 1 N–H and O–H groups in total. The molecule has 0 saturated carbocycles. The van der Waals surface area contributed by atoms with Gasteiger partial charge in [0.2, 0.25) is 0 Å². The highest BCUT2D eigenvalue weighted by Gasteiger charge is 2.13. The molecule has 1 aromatic rings. The molecule has 0 unspecified atom stereocenters. The van der Waals surface area contributed by atoms with Gasteiger partial charge in [-0.15, -0.1) is 0 Å². The fraction of sp³-hybridized carbons (Fsp3) is 0.636. The van der Waals surface area contributed by atoms with Crippen LogP contribution in [0.3, 0.4) is 0 Å². The minimum atomic E-state index is -0.949. The van der Waals surface area contributed by atoms with Gasteiger partial charge < -0.3 is 5.11 Å². The van der Waals surface area contributed by atoms with E-state index in [9.17, 15) is 4.79 Å². The fourth-order valence-electron chi connectivity index (χ4n) is 1.55. The quantitative estimate of drug-likeness (QED) is 0.810. The molecule has 84 valence electrons. The first-order valence-corrected chi connectivity index (χ1v) is 5.34. The normalized spacial score (nSPS) is 10.9. The number of hydrogen-bond acceptors (Lipinski definition) is 2. The molecule has 0 bridgehead atoms. The number of nitrogens with zero attached hydrogens (tertiary/aromatic N) is 2. The van der Waals surface area contributed by atoms with E-state index in [0.717, 1.165) is 25.1 Å². The number of rotatable bonds is 5. The molecule has 0 saturated heterocycles. The second-order valence-corrected chi connectivity index (χ2v) is 4.15. The van der Waals surface area contributed by atoms with Crippen LogP contribution in [0.1, 0.15) is 43.4 Å². The van der Waals surface area contributed by atoms with E-state index in [4.69, 9.17) is 5.11 Å². The summed E-state index contributed by atoms with van der Waals surface area (Å²) in [7, 11) is 0. The summed E-state index contributed by atoms with van der Waals surface area (Å²) in [5, 5.41) is 12.9. The molecule has 1 heterocycles. The van der Waals surface area contributed by atoms with Crippen molar-refractivity contribution in [3.63, 3.8) is 0 Å². The molecule has 15 heavy (non-hydrogen) atoms. The van der Waals surface area contributed by atoms with E-state index < -0.39 is 5.97 Å². The maximum absolute atomic E-state index is 10.8. The Kier molecular flexibility index (Phi) is 3.88. The molecule has 1 rings (SSSR count). The predicted molar refractivity (Wildman–Crippen MR) is 58.0 cm³/mol. The third-order valence-corrected chi connectivity index (χ3v) is 2.14. The van der Waals surface area contributed by atoms with Crippen LogP contribution in [0.2, 0.25) is 0 Å². The van der Waals surface area contributed by atoms with Gasteiger partial charge in [0, 0.05) is 12.2 Å². The molecule has 0 aromatic carbocycles. The smallest absolute Gasteiger partial charge is 0.356 e. The molecule has 0 atom stereocenters. The zero-order valence-corrected chi connectivity index (χ0v) is 9.53. The first-order chi connectivity index (χ1) is 7.04. The Labute approximate surface area is 89.9 Å². The lowest BCUT2D eigenvalue weighted by atomic mass is 10.1. The van der Waals surface area contributed by atoms with E-state index in [1.54, 1.807) is 6.07 Å². The lowest BCUT2D eigenvalue weighted by Crippen LogP contribution is -2.07. The topological polar surface area (TPSA) is 55.1 Å². The van der Waals surface area contributed by atoms with Crippen LogP contribution in [0, 0.1) is 5.92 Å². The van der Waals surface area contributed by atoms with Crippen molar-refractivity contribution >= 4 is 5.97 Å². The Bertz CT molecular complexity index is 342. The Hall–Kier alpha value is -1.32. The van der Waals surface area contributed by atoms with Crippen LogP contribution in [0.25, 0.3) is 0 Å². The number of aryl methyl sites for hydroxylation is 1. The van der Waals surface area contributed by atoms with Crippen molar-refractivity contribution in [2.24, 2.45) is 5.92 Å². The third kappa shape index (κ3) is 3.08. The van der Waals surface area contributed by atoms with Gasteiger partial charge in [0.25, 0.3) is 0 Å². The molecule has 4 heteroatoms. The first-order valence-electron chi connectivity index (χ1n) is 5.34. The van der Waals surface area contributed by atoms with Crippen LogP contribution in [-0.4, -0.2) is 20.9 Å². The highest BCUT2D eigenvalue weighted by molar-refractivity contribution is 5.85. The molecule has 4 nitrogen and oxygen atoms in total. The van der Waals surface area contributed by atoms with Gasteiger partial charge in [-0.3, -0.25) is 4.68 Å². The van der Waals surface area contributed by atoms with Crippen LogP contribution in [-0.2, 0) is 13.0 Å². The Balaban J connectivity index is 2.94. The zero-order chi connectivity index (χ0) is 11.4. The van der Waals surface area contributed by atoms with E-state index >= 15 is 0 Å². The number of carboxylic acids is 1. The fourth-order valence-corrected chi connectivity index (χ4v) is 1.55. The first kappa shape index (κ1) is 11.8. The van der Waals surface area contributed by atoms with Gasteiger partial charge in [-0.05, 0) is 24.8 Å². The second-order valence-electron chi connectivity index (χ2n) is 4.15. The van der Waals surface area contributed by atoms with Crippen molar-refractivity contribution in [1.82, 2.24) is 9.78 Å². The second kappa shape index (κ2) is 4.96. The summed E-state index contributed by atoms with van der Waals surface area (Å²) >= 11 is 0. The van der Waals surface area contributed by atoms with E-state index in [-0.39, 0.29) is 5.69 Å². The number of hydrogen-bond donors (Lipinski definition) is 1. The van der Waals surface area contributed by atoms with Gasteiger partial charge in [0.1, 0.15) is 0 Å². The average molecular weight is 210 g/mol. The molecule has 0 aliphatic carbocycles. The zero-order valence-electron chi connectivity index (χ0n) is 9.53. The SMILES string of the molecule is CCCn1nc(C(=O)O)cc1CC(C)C. The number of aromatic nitrogens is 2. The number of aromatic carboxylic acids is 1. The summed E-state index contributed by atoms with van der Waals surface area (Å²) in [6.07, 6.45) is 1.84. The maximum atomic E-state index is 10.8. The highest BCUT2D eigenvalue weighted by atomic mass is 16.4. The van der Waals surface area contributed by atoms with Crippen LogP contribution < -0.4 is 0 Å². The summed E-state index contributed by atoms with van der Waals surface area (Å²) in [4.78, 5) is 10.8. The minimum absolute atomic E-state index is 0.152. The molecule has 1 aromatic heterocycles. The predicted octanol–water partition coefficient (Wildman–Crippen LogP) is 2.19. The third-order valence-electron chi connectivity index (χ3n) is 2.14. The van der Waals surface area contributed by atoms with Crippen molar-refractivity contribution in [1.29, 1.82) is 0 Å². The maximum Gasteiger partial charge on any atom is 0.356 e. The number of carbonyl (C=O) groups is 1. The largest absolute Gasteiger partial charge is 0.476 e. The molecule has 0 fully saturated rings. The lowest BCUT2D eigenvalue weighted by molar-refractivity contribution is 0.0689. The van der Waals surface area contributed by atoms with Crippen molar-refractivity contribution < 1.29 is 9.90 Å². The Morgan fingerprint density at radius 2 is 2.27 bits per heavy atom. The summed E-state index contributed by atoms with van der Waals surface area (Å²) < 4.78 is 1.81. The Morgan fingerprint density at radius 1 is 1.60 bits per heavy atom. The summed E-state index contributed by atoms with van der Waals surface area (Å²) in [5.41, 5.74) is 1.17. The van der Waals surface area contributed by atoms with E-state index in [2.05, 4.69) is 25.9 Å². The molecular formula is C11H18N2O2. The summed E-state index contributed by atoms with van der Waals surface area (Å²) in [6, 6.07) is 1.68. The van der Waals surface area contributed by atoms with E-state index in [1.807, 2.05) is 4.68 Å². The average Bonchev–Trinajstić information content (AvgIpc) is 2.48. The van der Waals surface area contributed by atoms with Crippen LogP contribution in [0.5, 0.6) is 0 Å². The summed E-state index contributed by atoms with van der Waals surface area (Å²) in [5.74, 6) is -0.436. The van der Waals surface area contributed by atoms with Gasteiger partial charge in [-0.2, -0.15) is 5.10 Å². The van der Waals surface area contributed by atoms with Crippen molar-refractivity contribution in [2.75, 3.05) is 0 Å². The molecule has 0 aliphatic heterocycles. The minimum Gasteiger partial charge on any atom is -0.476 e. The lowest BCUT2D eigenvalue weighted by Gasteiger charge is -2.07. The van der Waals surface area contributed by atoms with Gasteiger partial charge >= 0.3 is 5.97 Å². The molecule has 0 spiro atoms. The van der Waals surface area contributed by atoms with Crippen LogP contribution in [0.15, 0.2) is 6.07 Å². The Morgan fingerprint density at radius 3 is 2.73 bits per heavy atom. The van der Waals surface area contributed by atoms with Crippen molar-refractivity contribution in [3.8, 4) is 0 Å². The van der Waals surface area contributed by atoms with Crippen molar-refractivity contribution in [3.05, 3.63) is 17.5 Å². The molecule has 0 radical (unpaired) electrons. The van der Waals surface area contributed by atoms with Crippen LogP contribution >= 0.6 is 0 Å². The molecule has 0 amide bonds. The standard InChI is InChI=1S/C11H18N2O2/c1-4-5-13-9(6-8(2)3)7-10(12-13)11(14)15/h7-8H,4-6H2,1-3H3,(H,14,15). The van der Waals surface area contributed by atoms with Crippen LogP contribution in [0.4, 0.5) is 0 Å². The molecular weight excluding hydrogens is 192 g/mol. The summed E-state index contributed by atoms with van der Waals surface area (Å²) in [6.45, 7) is 7.07. The van der Waals surface area contributed by atoms with E-state index in [1.165, 1.54) is 0 Å². The van der Waals surface area contributed by atoms with Gasteiger partial charge in [0.05, 0.1) is 0 Å². The van der Waals surface area contributed by atoms with Gasteiger partial charge in [-0.25, -0.2) is 4.79 Å².